The lowest BCUT2D eigenvalue weighted by molar-refractivity contribution is 0.102. The number of fused-ring (bicyclic) bond motifs is 1. The van der Waals surface area contributed by atoms with Gasteiger partial charge in [0.2, 0.25) is 0 Å². The van der Waals surface area contributed by atoms with Crippen molar-refractivity contribution in [3.63, 3.8) is 0 Å². The molecule has 0 saturated heterocycles. The van der Waals surface area contributed by atoms with Gasteiger partial charge in [-0.15, -0.1) is 5.92 Å². The van der Waals surface area contributed by atoms with E-state index in [9.17, 15) is 4.79 Å². The second-order valence-corrected chi connectivity index (χ2v) is 6.26. The van der Waals surface area contributed by atoms with Crippen molar-refractivity contribution in [1.82, 2.24) is 10.2 Å². The topological polar surface area (TPSA) is 67.0 Å². The van der Waals surface area contributed by atoms with Crippen molar-refractivity contribution >= 4 is 45.8 Å². The monoisotopic (exact) mass is 387 g/mol. The molecule has 0 bridgehead atoms. The first-order chi connectivity index (χ1) is 12.6. The molecule has 3 aromatic rings. The number of aromatic amines is 1. The van der Waals surface area contributed by atoms with Crippen molar-refractivity contribution < 1.29 is 9.53 Å². The summed E-state index contributed by atoms with van der Waals surface area (Å²) in [6.45, 7) is 2.28. The molecule has 0 atom stereocenters. The van der Waals surface area contributed by atoms with Gasteiger partial charge in [-0.05, 0) is 36.4 Å². The minimum Gasteiger partial charge on any atom is -0.481 e. The van der Waals surface area contributed by atoms with E-state index in [0.717, 1.165) is 17.3 Å². The third kappa shape index (κ3) is 4.29. The highest BCUT2D eigenvalue weighted by atomic mass is 35.5. The zero-order valence-corrected chi connectivity index (χ0v) is 15.4. The number of amides is 1. The second kappa shape index (κ2) is 8.13. The Hall–Kier alpha value is -2.68. The maximum absolute atomic E-state index is 12.5. The molecule has 0 aliphatic carbocycles. The summed E-state index contributed by atoms with van der Waals surface area (Å²) in [7, 11) is 0. The van der Waals surface area contributed by atoms with E-state index < -0.39 is 0 Å². The van der Waals surface area contributed by atoms with Crippen LogP contribution in [-0.2, 0) is 0 Å². The van der Waals surface area contributed by atoms with E-state index in [1.54, 1.807) is 24.3 Å². The van der Waals surface area contributed by atoms with Crippen molar-refractivity contribution in [2.24, 2.45) is 0 Å². The van der Waals surface area contributed by atoms with Crippen LogP contribution in [0.2, 0.25) is 10.0 Å². The predicted octanol–water partition coefficient (Wildman–Crippen LogP) is 4.91. The number of aromatic nitrogens is 2. The maximum Gasteiger partial charge on any atom is 0.256 e. The first kappa shape index (κ1) is 18.1. The quantitative estimate of drug-likeness (QED) is 0.624. The Kier molecular flexibility index (Phi) is 5.67. The highest BCUT2D eigenvalue weighted by molar-refractivity contribution is 6.35. The zero-order valence-electron chi connectivity index (χ0n) is 13.9. The van der Waals surface area contributed by atoms with Crippen molar-refractivity contribution in [3.8, 4) is 17.6 Å². The molecule has 0 radical (unpaired) electrons. The van der Waals surface area contributed by atoms with Crippen LogP contribution in [0.3, 0.4) is 0 Å². The summed E-state index contributed by atoms with van der Waals surface area (Å²) in [5, 5.41) is 11.3. The molecule has 2 aromatic carbocycles. The fourth-order valence-corrected chi connectivity index (χ4v) is 2.86. The van der Waals surface area contributed by atoms with Gasteiger partial charge in [0.25, 0.3) is 5.91 Å². The molecule has 0 unspecified atom stereocenters. The number of nitrogens with one attached hydrogen (secondary N) is 2. The molecule has 0 aliphatic heterocycles. The molecular formula is C19H15Cl2N3O2. The highest BCUT2D eigenvalue weighted by Crippen LogP contribution is 2.26. The van der Waals surface area contributed by atoms with Gasteiger partial charge in [-0.3, -0.25) is 9.89 Å². The van der Waals surface area contributed by atoms with E-state index >= 15 is 0 Å². The molecule has 132 valence electrons. The number of nitrogens with zero attached hydrogens (tertiary/aromatic N) is 1. The van der Waals surface area contributed by atoms with E-state index in [1.807, 2.05) is 19.1 Å². The number of rotatable bonds is 4. The fourth-order valence-electron chi connectivity index (χ4n) is 2.34. The Labute approximate surface area is 160 Å². The van der Waals surface area contributed by atoms with Crippen molar-refractivity contribution in [1.29, 1.82) is 0 Å². The first-order valence-electron chi connectivity index (χ1n) is 7.91. The molecule has 1 heterocycles. The molecule has 2 N–H and O–H groups in total. The van der Waals surface area contributed by atoms with Crippen LogP contribution in [0.15, 0.2) is 36.4 Å². The van der Waals surface area contributed by atoms with Crippen LogP contribution in [0.4, 0.5) is 5.82 Å². The second-order valence-electron chi connectivity index (χ2n) is 5.39. The lowest BCUT2D eigenvalue weighted by Gasteiger charge is -2.05. The van der Waals surface area contributed by atoms with Crippen LogP contribution >= 0.6 is 23.2 Å². The average molecular weight is 388 g/mol. The Morgan fingerprint density at radius 2 is 1.96 bits per heavy atom. The van der Waals surface area contributed by atoms with Crippen LogP contribution in [-0.4, -0.2) is 22.7 Å². The lowest BCUT2D eigenvalue weighted by Crippen LogP contribution is -2.12. The summed E-state index contributed by atoms with van der Waals surface area (Å²) in [4.78, 5) is 12.5. The SMILES string of the molecule is CCC#CCOc1ccc2[nH]nc(NC(=O)c3cc(Cl)cc(Cl)c3)c2c1. The molecular weight excluding hydrogens is 373 g/mol. The van der Waals surface area contributed by atoms with E-state index in [1.165, 1.54) is 0 Å². The molecule has 0 spiro atoms. The Balaban J connectivity index is 1.82. The van der Waals surface area contributed by atoms with Gasteiger partial charge in [-0.2, -0.15) is 5.10 Å². The summed E-state index contributed by atoms with van der Waals surface area (Å²) in [6, 6.07) is 10.1. The van der Waals surface area contributed by atoms with E-state index in [4.69, 9.17) is 27.9 Å². The smallest absolute Gasteiger partial charge is 0.256 e. The molecule has 3 rings (SSSR count). The van der Waals surface area contributed by atoms with Gasteiger partial charge in [0.1, 0.15) is 12.4 Å². The fraction of sp³-hybridized carbons (Fsp3) is 0.158. The van der Waals surface area contributed by atoms with E-state index in [0.29, 0.717) is 33.8 Å². The Morgan fingerprint density at radius 1 is 1.19 bits per heavy atom. The largest absolute Gasteiger partial charge is 0.481 e. The van der Waals surface area contributed by atoms with Gasteiger partial charge in [0.05, 0.1) is 5.52 Å². The Bertz CT molecular complexity index is 998. The number of anilines is 1. The van der Waals surface area contributed by atoms with Crippen molar-refractivity contribution in [2.45, 2.75) is 13.3 Å². The average Bonchev–Trinajstić information content (AvgIpc) is 3.00. The normalized spacial score (nSPS) is 10.3. The third-order valence-electron chi connectivity index (χ3n) is 3.50. The molecule has 7 heteroatoms. The van der Waals surface area contributed by atoms with Crippen LogP contribution in [0.25, 0.3) is 10.9 Å². The zero-order chi connectivity index (χ0) is 18.5. The third-order valence-corrected chi connectivity index (χ3v) is 3.94. The van der Waals surface area contributed by atoms with Gasteiger partial charge < -0.3 is 10.1 Å². The Morgan fingerprint density at radius 3 is 2.69 bits per heavy atom. The number of hydrogen-bond donors (Lipinski definition) is 2. The summed E-state index contributed by atoms with van der Waals surface area (Å²) in [5.41, 5.74) is 1.12. The van der Waals surface area contributed by atoms with Crippen LogP contribution in [0, 0.1) is 11.8 Å². The molecule has 0 fully saturated rings. The van der Waals surface area contributed by atoms with Gasteiger partial charge in [0, 0.05) is 27.4 Å². The molecule has 26 heavy (non-hydrogen) atoms. The number of ether oxygens (including phenoxy) is 1. The number of carbonyl (C=O) groups excluding carboxylic acids is 1. The molecule has 1 aromatic heterocycles. The first-order valence-corrected chi connectivity index (χ1v) is 8.66. The minimum absolute atomic E-state index is 0.305. The summed E-state index contributed by atoms with van der Waals surface area (Å²) in [6.07, 6.45) is 0.786. The minimum atomic E-state index is -0.358. The van der Waals surface area contributed by atoms with Crippen molar-refractivity contribution in [2.75, 3.05) is 11.9 Å². The van der Waals surface area contributed by atoms with Gasteiger partial charge in [-0.25, -0.2) is 0 Å². The lowest BCUT2D eigenvalue weighted by atomic mass is 10.2. The van der Waals surface area contributed by atoms with Crippen molar-refractivity contribution in [3.05, 3.63) is 52.0 Å². The molecule has 5 nitrogen and oxygen atoms in total. The number of H-pyrrole nitrogens is 1. The number of halogens is 2. The maximum atomic E-state index is 12.5. The number of hydrogen-bond acceptors (Lipinski definition) is 3. The number of benzene rings is 2. The summed E-state index contributed by atoms with van der Waals surface area (Å²) in [5.74, 6) is 6.54. The molecule has 0 saturated carbocycles. The molecule has 0 aliphatic rings. The molecule has 1 amide bonds. The van der Waals surface area contributed by atoms with Crippen LogP contribution < -0.4 is 10.1 Å². The van der Waals surface area contributed by atoms with Gasteiger partial charge >= 0.3 is 0 Å². The van der Waals surface area contributed by atoms with Gasteiger partial charge in [0.15, 0.2) is 5.82 Å². The highest BCUT2D eigenvalue weighted by Gasteiger charge is 2.13. The standard InChI is InChI=1S/C19H15Cl2N3O2/c1-2-3-4-7-26-15-5-6-17-16(11-15)18(24-23-17)22-19(25)12-8-13(20)10-14(21)9-12/h5-6,8-11H,2,7H2,1H3,(H2,22,23,24,25). The van der Waals surface area contributed by atoms with E-state index in [2.05, 4.69) is 27.4 Å². The summed E-state index contributed by atoms with van der Waals surface area (Å²) >= 11 is 11.9. The number of carbonyl (C=O) groups is 1. The van der Waals surface area contributed by atoms with Crippen LogP contribution in [0.1, 0.15) is 23.7 Å². The van der Waals surface area contributed by atoms with Crippen LogP contribution in [0.5, 0.6) is 5.75 Å². The van der Waals surface area contributed by atoms with Gasteiger partial charge in [-0.1, -0.05) is 36.0 Å². The van der Waals surface area contributed by atoms with E-state index in [-0.39, 0.29) is 5.91 Å². The predicted molar refractivity (Wildman–Crippen MR) is 104 cm³/mol. The summed E-state index contributed by atoms with van der Waals surface area (Å²) < 4.78 is 5.60.